The summed E-state index contributed by atoms with van der Waals surface area (Å²) >= 11 is 0. The van der Waals surface area contributed by atoms with Crippen LogP contribution in [0.3, 0.4) is 0 Å². The maximum Gasteiger partial charge on any atom is 0.297 e. The Morgan fingerprint density at radius 2 is 1.52 bits per heavy atom. The molecule has 0 radical (unpaired) electrons. The van der Waals surface area contributed by atoms with Gasteiger partial charge in [0.05, 0.1) is 11.5 Å². The Kier molecular flexibility index (Phi) is 15.5. The van der Waals surface area contributed by atoms with Crippen molar-refractivity contribution in [3.8, 4) is 0 Å². The fourth-order valence-corrected chi connectivity index (χ4v) is 3.30. The SMILES string of the molecule is C=CCOS(=O)(=O)c1ccccc1.CCCCCCCCCCCC(N)=O. The van der Waals surface area contributed by atoms with Crippen LogP contribution in [0.4, 0.5) is 0 Å². The summed E-state index contributed by atoms with van der Waals surface area (Å²) in [6.45, 7) is 5.61. The van der Waals surface area contributed by atoms with E-state index in [2.05, 4.69) is 17.7 Å². The highest BCUT2D eigenvalue weighted by Crippen LogP contribution is 2.11. The normalized spacial score (nSPS) is 10.7. The van der Waals surface area contributed by atoms with E-state index in [0.29, 0.717) is 6.42 Å². The molecule has 1 rings (SSSR count). The van der Waals surface area contributed by atoms with Crippen molar-refractivity contribution in [3.63, 3.8) is 0 Å². The van der Waals surface area contributed by atoms with E-state index >= 15 is 0 Å². The van der Waals surface area contributed by atoms with Crippen LogP contribution in [0, 0.1) is 0 Å². The van der Waals surface area contributed by atoms with Gasteiger partial charge in [0.25, 0.3) is 10.1 Å². The van der Waals surface area contributed by atoms with Crippen molar-refractivity contribution in [2.24, 2.45) is 5.73 Å². The fraction of sp³-hybridized carbons (Fsp3) is 0.571. The summed E-state index contributed by atoms with van der Waals surface area (Å²) in [5.74, 6) is -0.159. The summed E-state index contributed by atoms with van der Waals surface area (Å²) in [6.07, 6.45) is 13.5. The summed E-state index contributed by atoms with van der Waals surface area (Å²) < 4.78 is 27.3. The topological polar surface area (TPSA) is 86.5 Å². The maximum atomic E-state index is 11.3. The highest BCUT2D eigenvalue weighted by Gasteiger charge is 2.12. The van der Waals surface area contributed by atoms with Crippen molar-refractivity contribution >= 4 is 16.0 Å². The Morgan fingerprint density at radius 1 is 1.00 bits per heavy atom. The molecule has 2 N–H and O–H groups in total. The summed E-state index contributed by atoms with van der Waals surface area (Å²) in [4.78, 5) is 10.6. The highest BCUT2D eigenvalue weighted by molar-refractivity contribution is 7.86. The molecule has 0 saturated heterocycles. The molecular formula is C21H35NO4S. The summed E-state index contributed by atoms with van der Waals surface area (Å²) in [5, 5.41) is 0. The lowest BCUT2D eigenvalue weighted by molar-refractivity contribution is -0.118. The van der Waals surface area contributed by atoms with Crippen LogP contribution in [0.1, 0.15) is 71.1 Å². The number of benzene rings is 1. The van der Waals surface area contributed by atoms with Crippen molar-refractivity contribution in [1.29, 1.82) is 0 Å². The molecule has 0 aliphatic heterocycles. The predicted octanol–water partition coefficient (Wildman–Crippen LogP) is 4.97. The Morgan fingerprint density at radius 3 is 2.00 bits per heavy atom. The molecule has 0 atom stereocenters. The second-order valence-corrected chi connectivity index (χ2v) is 8.00. The van der Waals surface area contributed by atoms with Crippen LogP contribution in [0.2, 0.25) is 0 Å². The summed E-state index contributed by atoms with van der Waals surface area (Å²) in [7, 11) is -3.59. The minimum Gasteiger partial charge on any atom is -0.370 e. The lowest BCUT2D eigenvalue weighted by Crippen LogP contribution is -2.09. The van der Waals surface area contributed by atoms with Gasteiger partial charge in [-0.15, -0.1) is 6.58 Å². The zero-order chi connectivity index (χ0) is 20.4. The van der Waals surface area contributed by atoms with Crippen molar-refractivity contribution in [1.82, 2.24) is 0 Å². The van der Waals surface area contributed by atoms with Gasteiger partial charge in [0, 0.05) is 6.42 Å². The van der Waals surface area contributed by atoms with Gasteiger partial charge in [0.2, 0.25) is 5.91 Å². The van der Waals surface area contributed by atoms with Gasteiger partial charge in [-0.05, 0) is 18.6 Å². The number of unbranched alkanes of at least 4 members (excludes halogenated alkanes) is 8. The first-order valence-corrected chi connectivity index (χ1v) is 11.2. The van der Waals surface area contributed by atoms with Crippen LogP contribution in [0.25, 0.3) is 0 Å². The number of carbonyl (C=O) groups excluding carboxylic acids is 1. The number of amides is 1. The first-order chi connectivity index (χ1) is 12.9. The third-order valence-corrected chi connectivity index (χ3v) is 5.20. The zero-order valence-corrected chi connectivity index (χ0v) is 17.4. The summed E-state index contributed by atoms with van der Waals surface area (Å²) in [6, 6.07) is 8.00. The highest BCUT2D eigenvalue weighted by atomic mass is 32.2. The Balaban J connectivity index is 0.000000501. The van der Waals surface area contributed by atoms with E-state index in [1.165, 1.54) is 63.2 Å². The molecule has 0 bridgehead atoms. The second-order valence-electron chi connectivity index (χ2n) is 6.39. The van der Waals surface area contributed by atoms with Crippen LogP contribution in [0.5, 0.6) is 0 Å². The van der Waals surface area contributed by atoms with Crippen LogP contribution in [0.15, 0.2) is 47.9 Å². The number of hydrogen-bond donors (Lipinski definition) is 1. The minimum atomic E-state index is -3.59. The molecule has 0 aromatic heterocycles. The Labute approximate surface area is 165 Å². The molecule has 0 aliphatic carbocycles. The molecule has 5 nitrogen and oxygen atoms in total. The van der Waals surface area contributed by atoms with E-state index in [1.807, 2.05) is 0 Å². The lowest BCUT2D eigenvalue weighted by Gasteiger charge is -2.01. The number of primary amides is 1. The molecule has 27 heavy (non-hydrogen) atoms. The number of nitrogens with two attached hydrogens (primary N) is 1. The average molecular weight is 398 g/mol. The average Bonchev–Trinajstić information content (AvgIpc) is 2.66. The molecule has 0 spiro atoms. The van der Waals surface area contributed by atoms with Crippen LogP contribution in [-0.4, -0.2) is 20.9 Å². The van der Waals surface area contributed by atoms with Crippen molar-refractivity contribution < 1.29 is 17.4 Å². The second kappa shape index (κ2) is 16.5. The molecule has 6 heteroatoms. The molecule has 0 aliphatic rings. The largest absolute Gasteiger partial charge is 0.370 e. The number of carbonyl (C=O) groups is 1. The van der Waals surface area contributed by atoms with Crippen molar-refractivity contribution in [2.75, 3.05) is 6.61 Å². The molecule has 154 valence electrons. The minimum absolute atomic E-state index is 0.00275. The lowest BCUT2D eigenvalue weighted by atomic mass is 10.1. The first-order valence-electron chi connectivity index (χ1n) is 9.77. The quantitative estimate of drug-likeness (QED) is 0.273. The zero-order valence-electron chi connectivity index (χ0n) is 16.6. The van der Waals surface area contributed by atoms with E-state index in [0.717, 1.165) is 12.8 Å². The van der Waals surface area contributed by atoms with E-state index in [1.54, 1.807) is 18.2 Å². The van der Waals surface area contributed by atoms with Gasteiger partial charge in [0.1, 0.15) is 0 Å². The van der Waals surface area contributed by atoms with Gasteiger partial charge in [-0.25, -0.2) is 0 Å². The van der Waals surface area contributed by atoms with E-state index < -0.39 is 10.1 Å². The van der Waals surface area contributed by atoms with Gasteiger partial charge in [-0.3, -0.25) is 8.98 Å². The van der Waals surface area contributed by atoms with Crippen molar-refractivity contribution in [3.05, 3.63) is 43.0 Å². The monoisotopic (exact) mass is 397 g/mol. The van der Waals surface area contributed by atoms with Gasteiger partial charge >= 0.3 is 0 Å². The molecule has 0 fully saturated rings. The van der Waals surface area contributed by atoms with Crippen LogP contribution < -0.4 is 5.73 Å². The molecule has 0 heterocycles. The fourth-order valence-electron chi connectivity index (χ4n) is 2.40. The maximum absolute atomic E-state index is 11.3. The van der Waals surface area contributed by atoms with Crippen LogP contribution >= 0.6 is 0 Å². The Hall–Kier alpha value is -1.66. The summed E-state index contributed by atoms with van der Waals surface area (Å²) in [5.41, 5.74) is 5.05. The Bertz CT molecular complexity index is 600. The molecule has 0 unspecified atom stereocenters. The van der Waals surface area contributed by atoms with Gasteiger partial charge < -0.3 is 5.73 Å². The standard InChI is InChI=1S/C12H25NO.C9H10O3S/c1-2-3-4-5-6-7-8-9-10-11-12(13)14;1-2-8-12-13(10,11)9-6-4-3-5-7-9/h2-11H2,1H3,(H2,13,14);2-7H,1,8H2. The van der Waals surface area contributed by atoms with E-state index in [-0.39, 0.29) is 17.4 Å². The van der Waals surface area contributed by atoms with Gasteiger partial charge in [-0.1, -0.05) is 82.6 Å². The third-order valence-electron chi connectivity index (χ3n) is 3.90. The van der Waals surface area contributed by atoms with E-state index in [9.17, 15) is 13.2 Å². The molecule has 1 aromatic carbocycles. The predicted molar refractivity (Wildman–Crippen MR) is 111 cm³/mol. The number of rotatable bonds is 14. The molecule has 1 aromatic rings. The molecular weight excluding hydrogens is 362 g/mol. The molecule has 0 saturated carbocycles. The van der Waals surface area contributed by atoms with Gasteiger partial charge in [0.15, 0.2) is 0 Å². The third kappa shape index (κ3) is 15.1. The molecule has 1 amide bonds. The van der Waals surface area contributed by atoms with Crippen LogP contribution in [-0.2, 0) is 19.1 Å². The number of hydrogen-bond acceptors (Lipinski definition) is 4. The van der Waals surface area contributed by atoms with Gasteiger partial charge in [-0.2, -0.15) is 8.42 Å². The smallest absolute Gasteiger partial charge is 0.297 e. The van der Waals surface area contributed by atoms with Crippen molar-refractivity contribution in [2.45, 2.75) is 76.0 Å². The first kappa shape index (κ1) is 25.3. The van der Waals surface area contributed by atoms with E-state index in [4.69, 9.17) is 5.73 Å².